The molecule has 2 rings (SSSR count). The van der Waals surface area contributed by atoms with Crippen LogP contribution in [0.1, 0.15) is 13.3 Å². The van der Waals surface area contributed by atoms with Crippen LogP contribution in [0.5, 0.6) is 0 Å². The Kier molecular flexibility index (Phi) is 3.85. The van der Waals surface area contributed by atoms with Crippen molar-refractivity contribution in [2.45, 2.75) is 25.6 Å². The molecule has 0 radical (unpaired) electrons. The van der Waals surface area contributed by atoms with Gasteiger partial charge in [0, 0.05) is 13.5 Å². The Bertz CT molecular complexity index is 254. The van der Waals surface area contributed by atoms with Crippen LogP contribution in [0.15, 0.2) is 12.7 Å². The maximum Gasteiger partial charge on any atom is 0.282 e. The molecule has 2 fully saturated rings. The minimum absolute atomic E-state index is 0.225. The SMILES string of the molecule is C=CC1OCC2(CO1)COC(CC)(OC)OC2. The lowest BCUT2D eigenvalue weighted by atomic mass is 9.90. The van der Waals surface area contributed by atoms with Crippen molar-refractivity contribution in [2.24, 2.45) is 5.41 Å². The summed E-state index contributed by atoms with van der Waals surface area (Å²) in [5.41, 5.74) is -0.225. The third kappa shape index (κ3) is 2.53. The minimum Gasteiger partial charge on any atom is -0.348 e. The molecule has 2 aliphatic rings. The Labute approximate surface area is 102 Å². The quantitative estimate of drug-likeness (QED) is 0.700. The van der Waals surface area contributed by atoms with E-state index < -0.39 is 5.97 Å². The average Bonchev–Trinajstić information content (AvgIpc) is 2.41. The molecule has 0 saturated carbocycles. The van der Waals surface area contributed by atoms with Crippen LogP contribution in [-0.2, 0) is 23.7 Å². The molecular formula is C12H20O5. The Morgan fingerprint density at radius 3 is 2.24 bits per heavy atom. The predicted octanol–water partition coefficient (Wildman–Crippen LogP) is 1.29. The summed E-state index contributed by atoms with van der Waals surface area (Å²) >= 11 is 0. The number of ether oxygens (including phenoxy) is 5. The monoisotopic (exact) mass is 244 g/mol. The molecule has 0 aliphatic carbocycles. The van der Waals surface area contributed by atoms with Crippen LogP contribution < -0.4 is 0 Å². The van der Waals surface area contributed by atoms with Crippen molar-refractivity contribution >= 4 is 0 Å². The van der Waals surface area contributed by atoms with Crippen LogP contribution in [0.25, 0.3) is 0 Å². The van der Waals surface area contributed by atoms with Gasteiger partial charge in [-0.2, -0.15) is 0 Å². The van der Waals surface area contributed by atoms with Gasteiger partial charge >= 0.3 is 0 Å². The highest BCUT2D eigenvalue weighted by Crippen LogP contribution is 2.35. The molecule has 17 heavy (non-hydrogen) atoms. The maximum absolute atomic E-state index is 5.70. The highest BCUT2D eigenvalue weighted by Gasteiger charge is 2.47. The molecule has 5 nitrogen and oxygen atoms in total. The summed E-state index contributed by atoms with van der Waals surface area (Å²) in [4.78, 5) is 0. The fraction of sp³-hybridized carbons (Fsp3) is 0.833. The lowest BCUT2D eigenvalue weighted by Gasteiger charge is -2.46. The molecule has 0 amide bonds. The molecule has 0 unspecified atom stereocenters. The van der Waals surface area contributed by atoms with Gasteiger partial charge in [0.15, 0.2) is 6.29 Å². The predicted molar refractivity (Wildman–Crippen MR) is 60.3 cm³/mol. The summed E-state index contributed by atoms with van der Waals surface area (Å²) in [5.74, 6) is -0.902. The lowest BCUT2D eigenvalue weighted by Crippen LogP contribution is -2.56. The van der Waals surface area contributed by atoms with E-state index in [9.17, 15) is 0 Å². The van der Waals surface area contributed by atoms with E-state index in [0.29, 0.717) is 32.8 Å². The van der Waals surface area contributed by atoms with Gasteiger partial charge in [0.1, 0.15) is 0 Å². The number of hydrogen-bond acceptors (Lipinski definition) is 5. The molecule has 1 spiro atoms. The van der Waals surface area contributed by atoms with E-state index >= 15 is 0 Å². The number of rotatable bonds is 3. The molecule has 2 heterocycles. The number of hydrogen-bond donors (Lipinski definition) is 0. The molecule has 0 bridgehead atoms. The summed E-state index contributed by atoms with van der Waals surface area (Å²) < 4.78 is 27.7. The minimum atomic E-state index is -0.902. The van der Waals surface area contributed by atoms with Crippen molar-refractivity contribution in [3.05, 3.63) is 12.7 Å². The van der Waals surface area contributed by atoms with Crippen molar-refractivity contribution in [1.29, 1.82) is 0 Å². The highest BCUT2D eigenvalue weighted by atomic mass is 16.9. The van der Waals surface area contributed by atoms with Crippen molar-refractivity contribution in [2.75, 3.05) is 33.5 Å². The zero-order valence-corrected chi connectivity index (χ0v) is 10.4. The van der Waals surface area contributed by atoms with Gasteiger partial charge in [0.2, 0.25) is 0 Å². The molecule has 0 aromatic heterocycles. The topological polar surface area (TPSA) is 46.2 Å². The van der Waals surface area contributed by atoms with Crippen LogP contribution in [0.2, 0.25) is 0 Å². The zero-order chi connectivity index (χ0) is 12.4. The van der Waals surface area contributed by atoms with Crippen LogP contribution in [-0.4, -0.2) is 45.8 Å². The van der Waals surface area contributed by atoms with Crippen LogP contribution in [0, 0.1) is 5.41 Å². The van der Waals surface area contributed by atoms with Gasteiger partial charge in [0.05, 0.1) is 31.8 Å². The maximum atomic E-state index is 5.70. The fourth-order valence-corrected chi connectivity index (χ4v) is 1.99. The third-order valence-electron chi connectivity index (χ3n) is 3.24. The first-order valence-electron chi connectivity index (χ1n) is 5.86. The van der Waals surface area contributed by atoms with E-state index in [2.05, 4.69) is 6.58 Å². The van der Waals surface area contributed by atoms with Crippen molar-refractivity contribution in [3.8, 4) is 0 Å². The molecule has 0 N–H and O–H groups in total. The Balaban J connectivity index is 1.92. The van der Waals surface area contributed by atoms with Crippen molar-refractivity contribution < 1.29 is 23.7 Å². The Hall–Kier alpha value is -0.460. The van der Waals surface area contributed by atoms with E-state index in [4.69, 9.17) is 23.7 Å². The van der Waals surface area contributed by atoms with Gasteiger partial charge in [-0.3, -0.25) is 0 Å². The van der Waals surface area contributed by atoms with Gasteiger partial charge in [-0.15, -0.1) is 0 Å². The third-order valence-corrected chi connectivity index (χ3v) is 3.24. The summed E-state index contributed by atoms with van der Waals surface area (Å²) in [6, 6.07) is 0. The molecule has 98 valence electrons. The Morgan fingerprint density at radius 2 is 1.82 bits per heavy atom. The Morgan fingerprint density at radius 1 is 1.24 bits per heavy atom. The normalized spacial score (nSPS) is 42.6. The average molecular weight is 244 g/mol. The molecule has 2 saturated heterocycles. The van der Waals surface area contributed by atoms with Gasteiger partial charge in [0.25, 0.3) is 5.97 Å². The molecule has 5 heteroatoms. The second kappa shape index (κ2) is 5.04. The van der Waals surface area contributed by atoms with Gasteiger partial charge in [-0.25, -0.2) is 0 Å². The second-order valence-corrected chi connectivity index (χ2v) is 4.54. The van der Waals surface area contributed by atoms with Crippen molar-refractivity contribution in [1.82, 2.24) is 0 Å². The van der Waals surface area contributed by atoms with Crippen LogP contribution in [0.4, 0.5) is 0 Å². The molecule has 2 aliphatic heterocycles. The first-order chi connectivity index (χ1) is 8.17. The van der Waals surface area contributed by atoms with Crippen LogP contribution in [0.3, 0.4) is 0 Å². The number of methoxy groups -OCH3 is 1. The van der Waals surface area contributed by atoms with E-state index in [1.54, 1.807) is 13.2 Å². The van der Waals surface area contributed by atoms with E-state index in [-0.39, 0.29) is 11.7 Å². The first-order valence-corrected chi connectivity index (χ1v) is 5.86. The molecule has 0 atom stereocenters. The largest absolute Gasteiger partial charge is 0.348 e. The van der Waals surface area contributed by atoms with E-state index in [0.717, 1.165) is 0 Å². The standard InChI is InChI=1S/C12H20O5/c1-4-10-14-6-11(7-15-10)8-16-12(5-2,13-3)17-9-11/h4,10H,1,5-9H2,2-3H3. The zero-order valence-electron chi connectivity index (χ0n) is 10.4. The van der Waals surface area contributed by atoms with E-state index in [1.165, 1.54) is 0 Å². The molecule has 0 aromatic carbocycles. The van der Waals surface area contributed by atoms with Gasteiger partial charge in [-0.05, 0) is 6.08 Å². The second-order valence-electron chi connectivity index (χ2n) is 4.54. The molecular weight excluding hydrogens is 224 g/mol. The molecule has 0 aromatic rings. The van der Waals surface area contributed by atoms with Crippen LogP contribution >= 0.6 is 0 Å². The van der Waals surface area contributed by atoms with E-state index in [1.807, 2.05) is 6.92 Å². The summed E-state index contributed by atoms with van der Waals surface area (Å²) in [5, 5.41) is 0. The summed E-state index contributed by atoms with van der Waals surface area (Å²) in [6.45, 7) is 7.72. The first kappa shape index (κ1) is 13.0. The highest BCUT2D eigenvalue weighted by molar-refractivity contribution is 4.88. The lowest BCUT2D eigenvalue weighted by molar-refractivity contribution is -0.425. The smallest absolute Gasteiger partial charge is 0.282 e. The summed E-state index contributed by atoms with van der Waals surface area (Å²) in [6.07, 6.45) is 1.97. The van der Waals surface area contributed by atoms with Gasteiger partial charge < -0.3 is 23.7 Å². The fourth-order valence-electron chi connectivity index (χ4n) is 1.99. The van der Waals surface area contributed by atoms with Crippen molar-refractivity contribution in [3.63, 3.8) is 0 Å². The summed E-state index contributed by atoms with van der Waals surface area (Å²) in [7, 11) is 1.59. The van der Waals surface area contributed by atoms with Gasteiger partial charge in [-0.1, -0.05) is 13.5 Å².